The van der Waals surface area contributed by atoms with Crippen LogP contribution >= 0.6 is 0 Å². The minimum Gasteiger partial charge on any atom is -0.399 e. The first-order valence-corrected chi connectivity index (χ1v) is 5.86. The number of aromatic nitrogens is 2. The number of anilines is 1. The minimum atomic E-state index is -4.34. The fourth-order valence-corrected chi connectivity index (χ4v) is 2.07. The summed E-state index contributed by atoms with van der Waals surface area (Å²) in [4.78, 5) is 0. The summed E-state index contributed by atoms with van der Waals surface area (Å²) in [6.07, 6.45) is -4.34. The SMILES string of the molecule is Nc1ccc2[nH]nc(-c3ccc(C(F)(F)F)cc3)c2c1. The van der Waals surface area contributed by atoms with Crippen LogP contribution in [0.5, 0.6) is 0 Å². The summed E-state index contributed by atoms with van der Waals surface area (Å²) in [5, 5.41) is 7.75. The molecule has 102 valence electrons. The van der Waals surface area contributed by atoms with Gasteiger partial charge in [-0.25, -0.2) is 0 Å². The number of nitrogens with two attached hydrogens (primary N) is 1. The molecule has 1 aromatic heterocycles. The van der Waals surface area contributed by atoms with Gasteiger partial charge in [-0.15, -0.1) is 0 Å². The van der Waals surface area contributed by atoms with Crippen molar-refractivity contribution in [1.29, 1.82) is 0 Å². The molecule has 1 heterocycles. The molecule has 3 N–H and O–H groups in total. The van der Waals surface area contributed by atoms with Gasteiger partial charge in [-0.05, 0) is 30.3 Å². The van der Waals surface area contributed by atoms with E-state index in [1.807, 2.05) is 0 Å². The first kappa shape index (κ1) is 12.5. The van der Waals surface area contributed by atoms with Gasteiger partial charge in [0.2, 0.25) is 0 Å². The third-order valence-electron chi connectivity index (χ3n) is 3.07. The Morgan fingerprint density at radius 2 is 1.70 bits per heavy atom. The maximum absolute atomic E-state index is 12.5. The lowest BCUT2D eigenvalue weighted by molar-refractivity contribution is -0.137. The zero-order valence-electron chi connectivity index (χ0n) is 10.2. The Bertz CT molecular complexity index is 757. The summed E-state index contributed by atoms with van der Waals surface area (Å²) >= 11 is 0. The molecule has 0 atom stereocenters. The average molecular weight is 277 g/mol. The van der Waals surface area contributed by atoms with Crippen molar-refractivity contribution in [2.24, 2.45) is 0 Å². The van der Waals surface area contributed by atoms with E-state index < -0.39 is 11.7 Å². The Hall–Kier alpha value is -2.50. The van der Waals surface area contributed by atoms with Crippen LogP contribution in [-0.2, 0) is 6.18 Å². The van der Waals surface area contributed by atoms with Gasteiger partial charge in [-0.3, -0.25) is 5.10 Å². The molecule has 2 aromatic carbocycles. The molecule has 3 nitrogen and oxygen atoms in total. The van der Waals surface area contributed by atoms with Crippen LogP contribution in [0.4, 0.5) is 18.9 Å². The van der Waals surface area contributed by atoms with Gasteiger partial charge in [0, 0.05) is 16.6 Å². The van der Waals surface area contributed by atoms with Gasteiger partial charge in [0.05, 0.1) is 16.8 Å². The zero-order chi connectivity index (χ0) is 14.3. The van der Waals surface area contributed by atoms with Gasteiger partial charge in [0.15, 0.2) is 0 Å². The highest BCUT2D eigenvalue weighted by Crippen LogP contribution is 2.32. The van der Waals surface area contributed by atoms with E-state index in [9.17, 15) is 13.2 Å². The van der Waals surface area contributed by atoms with Crippen LogP contribution in [0, 0.1) is 0 Å². The second-order valence-corrected chi connectivity index (χ2v) is 4.45. The standard InChI is InChI=1S/C14H10F3N3/c15-14(16,17)9-3-1-8(2-4-9)13-11-7-10(18)5-6-12(11)19-20-13/h1-7H,18H2,(H,19,20). The molecule has 0 saturated carbocycles. The summed E-state index contributed by atoms with van der Waals surface area (Å²) in [5.74, 6) is 0. The quantitative estimate of drug-likeness (QED) is 0.664. The lowest BCUT2D eigenvalue weighted by Gasteiger charge is -2.06. The van der Waals surface area contributed by atoms with Crippen LogP contribution < -0.4 is 5.73 Å². The normalized spacial score (nSPS) is 11.9. The number of fused-ring (bicyclic) bond motifs is 1. The van der Waals surface area contributed by atoms with E-state index in [0.717, 1.165) is 23.0 Å². The van der Waals surface area contributed by atoms with Crippen molar-refractivity contribution in [3.05, 3.63) is 48.0 Å². The van der Waals surface area contributed by atoms with Crippen LogP contribution in [0.2, 0.25) is 0 Å². The van der Waals surface area contributed by atoms with Gasteiger partial charge < -0.3 is 5.73 Å². The molecule has 0 fully saturated rings. The fraction of sp³-hybridized carbons (Fsp3) is 0.0714. The second-order valence-electron chi connectivity index (χ2n) is 4.45. The molecule has 0 aliphatic rings. The van der Waals surface area contributed by atoms with E-state index in [1.54, 1.807) is 18.2 Å². The number of nitrogen functional groups attached to an aromatic ring is 1. The Kier molecular flexibility index (Phi) is 2.67. The molecule has 0 radical (unpaired) electrons. The number of H-pyrrole nitrogens is 1. The first-order valence-electron chi connectivity index (χ1n) is 5.86. The van der Waals surface area contributed by atoms with Crippen molar-refractivity contribution in [1.82, 2.24) is 10.2 Å². The van der Waals surface area contributed by atoms with Gasteiger partial charge in [0.1, 0.15) is 0 Å². The van der Waals surface area contributed by atoms with Crippen LogP contribution in [0.15, 0.2) is 42.5 Å². The number of benzene rings is 2. The van der Waals surface area contributed by atoms with Gasteiger partial charge in [-0.2, -0.15) is 18.3 Å². The lowest BCUT2D eigenvalue weighted by Crippen LogP contribution is -2.04. The summed E-state index contributed by atoms with van der Waals surface area (Å²) in [5.41, 5.74) is 7.59. The smallest absolute Gasteiger partial charge is 0.399 e. The Labute approximate surface area is 112 Å². The van der Waals surface area contributed by atoms with Crippen molar-refractivity contribution in [3.63, 3.8) is 0 Å². The van der Waals surface area contributed by atoms with Crippen molar-refractivity contribution < 1.29 is 13.2 Å². The van der Waals surface area contributed by atoms with E-state index in [4.69, 9.17) is 5.73 Å². The third-order valence-corrected chi connectivity index (χ3v) is 3.07. The zero-order valence-corrected chi connectivity index (χ0v) is 10.2. The predicted molar refractivity (Wildman–Crippen MR) is 70.9 cm³/mol. The molecular weight excluding hydrogens is 267 g/mol. The van der Waals surface area contributed by atoms with Crippen LogP contribution in [0.3, 0.4) is 0 Å². The van der Waals surface area contributed by atoms with Crippen LogP contribution in [-0.4, -0.2) is 10.2 Å². The molecule has 0 spiro atoms. The van der Waals surface area contributed by atoms with Crippen LogP contribution in [0.25, 0.3) is 22.2 Å². The number of hydrogen-bond donors (Lipinski definition) is 2. The molecule has 3 rings (SSSR count). The van der Waals surface area contributed by atoms with Gasteiger partial charge >= 0.3 is 6.18 Å². The van der Waals surface area contributed by atoms with Crippen molar-refractivity contribution in [2.75, 3.05) is 5.73 Å². The predicted octanol–water partition coefficient (Wildman–Crippen LogP) is 3.83. The van der Waals surface area contributed by atoms with Gasteiger partial charge in [-0.1, -0.05) is 12.1 Å². The molecule has 0 aliphatic carbocycles. The molecule has 6 heteroatoms. The van der Waals surface area contributed by atoms with E-state index in [2.05, 4.69) is 10.2 Å². The number of halogens is 3. The van der Waals surface area contributed by atoms with Crippen molar-refractivity contribution in [2.45, 2.75) is 6.18 Å². The molecule has 0 amide bonds. The number of rotatable bonds is 1. The maximum Gasteiger partial charge on any atom is 0.416 e. The molecule has 3 aromatic rings. The van der Waals surface area contributed by atoms with Crippen molar-refractivity contribution >= 4 is 16.6 Å². The number of nitrogens with one attached hydrogen (secondary N) is 1. The molecule has 0 unspecified atom stereocenters. The Morgan fingerprint density at radius 1 is 1.00 bits per heavy atom. The number of alkyl halides is 3. The molecule has 0 bridgehead atoms. The number of aromatic amines is 1. The summed E-state index contributed by atoms with van der Waals surface area (Å²) in [6.45, 7) is 0. The van der Waals surface area contributed by atoms with E-state index in [-0.39, 0.29) is 0 Å². The molecule has 20 heavy (non-hydrogen) atoms. The monoisotopic (exact) mass is 277 g/mol. The largest absolute Gasteiger partial charge is 0.416 e. The van der Waals surface area contributed by atoms with E-state index in [0.29, 0.717) is 16.9 Å². The number of nitrogens with zero attached hydrogens (tertiary/aromatic N) is 1. The lowest BCUT2D eigenvalue weighted by atomic mass is 10.1. The summed E-state index contributed by atoms with van der Waals surface area (Å²) in [6, 6.07) is 10.2. The van der Waals surface area contributed by atoms with Gasteiger partial charge in [0.25, 0.3) is 0 Å². The highest BCUT2D eigenvalue weighted by atomic mass is 19.4. The molecular formula is C14H10F3N3. The van der Waals surface area contributed by atoms with Crippen LogP contribution in [0.1, 0.15) is 5.56 Å². The van der Waals surface area contributed by atoms with E-state index in [1.165, 1.54) is 12.1 Å². The average Bonchev–Trinajstić information content (AvgIpc) is 2.81. The van der Waals surface area contributed by atoms with E-state index >= 15 is 0 Å². The molecule has 0 aliphatic heterocycles. The fourth-order valence-electron chi connectivity index (χ4n) is 2.07. The Morgan fingerprint density at radius 3 is 2.35 bits per heavy atom. The highest BCUT2D eigenvalue weighted by Gasteiger charge is 2.30. The maximum atomic E-state index is 12.5. The second kappa shape index (κ2) is 4.26. The molecule has 0 saturated heterocycles. The van der Waals surface area contributed by atoms with Crippen molar-refractivity contribution in [3.8, 4) is 11.3 Å². The topological polar surface area (TPSA) is 54.7 Å². The summed E-state index contributed by atoms with van der Waals surface area (Å²) < 4.78 is 37.6. The summed E-state index contributed by atoms with van der Waals surface area (Å²) in [7, 11) is 0. The Balaban J connectivity index is 2.09. The number of hydrogen-bond acceptors (Lipinski definition) is 2. The first-order chi connectivity index (χ1) is 9.45. The minimum absolute atomic E-state index is 0.576. The highest BCUT2D eigenvalue weighted by molar-refractivity contribution is 5.94. The third kappa shape index (κ3) is 2.09.